The van der Waals surface area contributed by atoms with Gasteiger partial charge < -0.3 is 5.11 Å². The molecule has 1 heterocycles. The number of hydrogen-bond acceptors (Lipinski definition) is 3. The van der Waals surface area contributed by atoms with Gasteiger partial charge in [0.25, 0.3) is 0 Å². The van der Waals surface area contributed by atoms with Crippen LogP contribution in [0.1, 0.15) is 36.3 Å². The van der Waals surface area contributed by atoms with E-state index in [1.807, 2.05) is 13.8 Å². The monoisotopic (exact) mass is 249 g/mol. The summed E-state index contributed by atoms with van der Waals surface area (Å²) in [5.41, 5.74) is 2.43. The van der Waals surface area contributed by atoms with Crippen molar-refractivity contribution in [3.63, 3.8) is 0 Å². The lowest BCUT2D eigenvalue weighted by atomic mass is 10.1. The minimum atomic E-state index is -0.576. The molecule has 0 fully saturated rings. The van der Waals surface area contributed by atoms with Crippen molar-refractivity contribution in [3.05, 3.63) is 47.0 Å². The van der Waals surface area contributed by atoms with E-state index >= 15 is 0 Å². The van der Waals surface area contributed by atoms with Crippen molar-refractivity contribution in [3.8, 4) is 0 Å². The topological polar surface area (TPSA) is 50.9 Å². The van der Waals surface area contributed by atoms with E-state index in [0.717, 1.165) is 11.1 Å². The summed E-state index contributed by atoms with van der Waals surface area (Å²) in [6, 6.07) is 4.66. The van der Waals surface area contributed by atoms with Gasteiger partial charge in [0, 0.05) is 0 Å². The molecule has 0 amide bonds. The number of nitrogens with zero attached hydrogens (tertiary/aromatic N) is 3. The van der Waals surface area contributed by atoms with E-state index in [9.17, 15) is 9.50 Å². The minimum Gasteiger partial charge on any atom is -0.387 e. The summed E-state index contributed by atoms with van der Waals surface area (Å²) >= 11 is 0. The summed E-state index contributed by atoms with van der Waals surface area (Å²) in [5, 5.41) is 17.5. The predicted molar refractivity (Wildman–Crippen MR) is 65.5 cm³/mol. The van der Waals surface area contributed by atoms with Crippen LogP contribution in [-0.4, -0.2) is 20.1 Å². The molecule has 96 valence electrons. The van der Waals surface area contributed by atoms with Crippen molar-refractivity contribution in [2.75, 3.05) is 0 Å². The average Bonchev–Trinajstić information content (AvgIpc) is 2.80. The highest BCUT2D eigenvalue weighted by Crippen LogP contribution is 2.14. The molecular weight excluding hydrogens is 233 g/mol. The highest BCUT2D eigenvalue weighted by molar-refractivity contribution is 5.26. The molecule has 0 saturated carbocycles. The Morgan fingerprint density at radius 2 is 2.22 bits per heavy atom. The van der Waals surface area contributed by atoms with Gasteiger partial charge in [0.2, 0.25) is 0 Å². The highest BCUT2D eigenvalue weighted by atomic mass is 19.1. The van der Waals surface area contributed by atoms with E-state index in [2.05, 4.69) is 10.3 Å². The Morgan fingerprint density at radius 1 is 1.44 bits per heavy atom. The summed E-state index contributed by atoms with van der Waals surface area (Å²) in [7, 11) is 0. The molecule has 0 spiro atoms. The molecule has 0 saturated heterocycles. The van der Waals surface area contributed by atoms with Gasteiger partial charge in [0.1, 0.15) is 11.5 Å². The second kappa shape index (κ2) is 5.27. The van der Waals surface area contributed by atoms with Crippen LogP contribution in [0.25, 0.3) is 0 Å². The molecule has 1 aromatic heterocycles. The number of aliphatic hydroxyl groups is 1. The number of benzene rings is 1. The number of aromatic nitrogens is 3. The molecule has 0 bridgehead atoms. The van der Waals surface area contributed by atoms with E-state index in [4.69, 9.17) is 0 Å². The third kappa shape index (κ3) is 2.73. The lowest BCUT2D eigenvalue weighted by molar-refractivity contribution is 0.168. The van der Waals surface area contributed by atoms with Crippen LogP contribution in [0.5, 0.6) is 0 Å². The lowest BCUT2D eigenvalue weighted by Crippen LogP contribution is -2.02. The smallest absolute Gasteiger partial charge is 0.123 e. The standard InChI is InChI=1S/C13H16FN3O/c1-3-13(18)12-8-17(16-15-12)7-10-4-5-11(14)6-9(10)2/h4-6,8,13,18H,3,7H2,1-2H3. The van der Waals surface area contributed by atoms with Gasteiger partial charge in [-0.1, -0.05) is 18.2 Å². The number of aliphatic hydroxyl groups excluding tert-OH is 1. The molecule has 0 aliphatic rings. The van der Waals surface area contributed by atoms with Gasteiger partial charge >= 0.3 is 0 Å². The Bertz CT molecular complexity index is 539. The Kier molecular flexibility index (Phi) is 3.72. The Hall–Kier alpha value is -1.75. The van der Waals surface area contributed by atoms with E-state index in [0.29, 0.717) is 18.7 Å². The van der Waals surface area contributed by atoms with Gasteiger partial charge in [0.05, 0.1) is 18.8 Å². The molecule has 0 aliphatic carbocycles. The maximum atomic E-state index is 13.0. The zero-order valence-electron chi connectivity index (χ0n) is 10.5. The number of rotatable bonds is 4. The Morgan fingerprint density at radius 3 is 2.89 bits per heavy atom. The molecule has 0 aliphatic heterocycles. The normalized spacial score (nSPS) is 12.7. The van der Waals surface area contributed by atoms with Crippen molar-refractivity contribution in [2.24, 2.45) is 0 Å². The predicted octanol–water partition coefficient (Wildman–Crippen LogP) is 2.22. The molecule has 0 radical (unpaired) electrons. The van der Waals surface area contributed by atoms with Crippen molar-refractivity contribution < 1.29 is 9.50 Å². The van der Waals surface area contributed by atoms with E-state index < -0.39 is 6.10 Å². The van der Waals surface area contributed by atoms with Crippen molar-refractivity contribution in [2.45, 2.75) is 32.9 Å². The van der Waals surface area contributed by atoms with Crippen LogP contribution in [0.15, 0.2) is 24.4 Å². The van der Waals surface area contributed by atoms with Crippen LogP contribution in [0.4, 0.5) is 4.39 Å². The first-order valence-electron chi connectivity index (χ1n) is 5.93. The van der Waals surface area contributed by atoms with E-state index in [-0.39, 0.29) is 5.82 Å². The van der Waals surface area contributed by atoms with Crippen LogP contribution >= 0.6 is 0 Å². The highest BCUT2D eigenvalue weighted by Gasteiger charge is 2.10. The lowest BCUT2D eigenvalue weighted by Gasteiger charge is -2.05. The maximum absolute atomic E-state index is 13.0. The van der Waals surface area contributed by atoms with Crippen molar-refractivity contribution in [1.82, 2.24) is 15.0 Å². The number of hydrogen-bond donors (Lipinski definition) is 1. The molecule has 1 unspecified atom stereocenters. The summed E-state index contributed by atoms with van der Waals surface area (Å²) in [5.74, 6) is -0.239. The summed E-state index contributed by atoms with van der Waals surface area (Å²) in [6.45, 7) is 4.26. The Balaban J connectivity index is 2.16. The fourth-order valence-corrected chi connectivity index (χ4v) is 1.76. The third-order valence-electron chi connectivity index (χ3n) is 2.92. The van der Waals surface area contributed by atoms with Gasteiger partial charge in [-0.3, -0.25) is 0 Å². The zero-order valence-corrected chi connectivity index (χ0v) is 10.5. The van der Waals surface area contributed by atoms with E-state index in [1.165, 1.54) is 12.1 Å². The first kappa shape index (κ1) is 12.7. The summed E-state index contributed by atoms with van der Waals surface area (Å²) < 4.78 is 14.6. The van der Waals surface area contributed by atoms with Crippen LogP contribution in [0.2, 0.25) is 0 Å². The fraction of sp³-hybridized carbons (Fsp3) is 0.385. The molecule has 18 heavy (non-hydrogen) atoms. The number of aryl methyl sites for hydroxylation is 1. The third-order valence-corrected chi connectivity index (χ3v) is 2.92. The molecule has 1 aromatic carbocycles. The first-order chi connectivity index (χ1) is 8.60. The maximum Gasteiger partial charge on any atom is 0.123 e. The van der Waals surface area contributed by atoms with Crippen molar-refractivity contribution in [1.29, 1.82) is 0 Å². The van der Waals surface area contributed by atoms with Crippen LogP contribution in [0, 0.1) is 12.7 Å². The van der Waals surface area contributed by atoms with Gasteiger partial charge in [0.15, 0.2) is 0 Å². The van der Waals surface area contributed by atoms with Crippen LogP contribution in [0.3, 0.4) is 0 Å². The molecule has 5 heteroatoms. The van der Waals surface area contributed by atoms with Gasteiger partial charge in [-0.05, 0) is 36.6 Å². The van der Waals surface area contributed by atoms with Gasteiger partial charge in [-0.2, -0.15) is 0 Å². The molecular formula is C13H16FN3O. The Labute approximate surface area is 105 Å². The van der Waals surface area contributed by atoms with Crippen LogP contribution < -0.4 is 0 Å². The van der Waals surface area contributed by atoms with Gasteiger partial charge in [-0.15, -0.1) is 5.10 Å². The molecule has 2 aromatic rings. The number of halogens is 1. The summed E-state index contributed by atoms with van der Waals surface area (Å²) in [4.78, 5) is 0. The molecule has 4 nitrogen and oxygen atoms in total. The quantitative estimate of drug-likeness (QED) is 0.903. The zero-order chi connectivity index (χ0) is 13.1. The first-order valence-corrected chi connectivity index (χ1v) is 5.93. The molecule has 2 rings (SSSR count). The van der Waals surface area contributed by atoms with Crippen molar-refractivity contribution >= 4 is 0 Å². The average molecular weight is 249 g/mol. The largest absolute Gasteiger partial charge is 0.387 e. The fourth-order valence-electron chi connectivity index (χ4n) is 1.76. The molecule has 1 atom stereocenters. The minimum absolute atomic E-state index is 0.239. The SMILES string of the molecule is CCC(O)c1cn(Cc2ccc(F)cc2C)nn1. The second-order valence-corrected chi connectivity index (χ2v) is 4.34. The summed E-state index contributed by atoms with van der Waals surface area (Å²) in [6.07, 6.45) is 1.75. The van der Waals surface area contributed by atoms with Crippen LogP contribution in [-0.2, 0) is 6.54 Å². The van der Waals surface area contributed by atoms with E-state index in [1.54, 1.807) is 16.9 Å². The molecule has 1 N–H and O–H groups in total. The second-order valence-electron chi connectivity index (χ2n) is 4.34. The van der Waals surface area contributed by atoms with Gasteiger partial charge in [-0.25, -0.2) is 9.07 Å².